The third-order valence-electron chi connectivity index (χ3n) is 2.60. The Morgan fingerprint density at radius 3 is 3.00 bits per heavy atom. The quantitative estimate of drug-likeness (QED) is 0.769. The van der Waals surface area contributed by atoms with Crippen molar-refractivity contribution in [3.05, 3.63) is 21.9 Å². The van der Waals surface area contributed by atoms with E-state index in [-0.39, 0.29) is 12.5 Å². The van der Waals surface area contributed by atoms with E-state index < -0.39 is 0 Å². The van der Waals surface area contributed by atoms with E-state index in [2.05, 4.69) is 29.0 Å². The van der Waals surface area contributed by atoms with Gasteiger partial charge in [0, 0.05) is 19.5 Å². The number of rotatable bonds is 6. The van der Waals surface area contributed by atoms with Gasteiger partial charge in [-0.2, -0.15) is 0 Å². The third kappa shape index (κ3) is 5.88. The van der Waals surface area contributed by atoms with Crippen molar-refractivity contribution in [1.29, 1.82) is 0 Å². The average molecular weight is 280 g/mol. The summed E-state index contributed by atoms with van der Waals surface area (Å²) in [5.74, 6) is 5.71. The molecule has 1 aromatic heterocycles. The number of carbonyl (C=O) groups excluding carboxylic acids is 1. The number of aliphatic hydroxyl groups excluding tert-OH is 1. The van der Waals surface area contributed by atoms with Gasteiger partial charge in [-0.3, -0.25) is 4.79 Å². The average Bonchev–Trinajstić information content (AvgIpc) is 2.87. The molecule has 0 aliphatic rings. The van der Waals surface area contributed by atoms with Gasteiger partial charge in [0.1, 0.15) is 0 Å². The summed E-state index contributed by atoms with van der Waals surface area (Å²) < 4.78 is 0. The summed E-state index contributed by atoms with van der Waals surface area (Å²) in [5, 5.41) is 11.5. The van der Waals surface area contributed by atoms with Crippen LogP contribution in [0.15, 0.2) is 12.1 Å². The maximum absolute atomic E-state index is 11.9. The van der Waals surface area contributed by atoms with Gasteiger partial charge in [0.2, 0.25) is 0 Å². The van der Waals surface area contributed by atoms with Crippen molar-refractivity contribution in [2.75, 3.05) is 33.3 Å². The Kier molecular flexibility index (Phi) is 7.19. The lowest BCUT2D eigenvalue weighted by Gasteiger charge is -2.13. The summed E-state index contributed by atoms with van der Waals surface area (Å²) in [4.78, 5) is 15.5. The monoisotopic (exact) mass is 280 g/mol. The molecule has 1 aromatic rings. The molecule has 0 saturated heterocycles. The van der Waals surface area contributed by atoms with Crippen molar-refractivity contribution in [2.24, 2.45) is 0 Å². The van der Waals surface area contributed by atoms with E-state index in [9.17, 15) is 4.79 Å². The molecule has 0 aliphatic carbocycles. The largest absolute Gasteiger partial charge is 0.395 e. The zero-order chi connectivity index (χ0) is 14.1. The summed E-state index contributed by atoms with van der Waals surface area (Å²) in [6, 6.07) is 3.62. The summed E-state index contributed by atoms with van der Waals surface area (Å²) >= 11 is 1.38. The molecule has 2 N–H and O–H groups in total. The van der Waals surface area contributed by atoms with Gasteiger partial charge in [0.25, 0.3) is 5.91 Å². The molecule has 5 heteroatoms. The number of hydrogen-bond acceptors (Lipinski definition) is 4. The van der Waals surface area contributed by atoms with E-state index >= 15 is 0 Å². The molecule has 104 valence electrons. The molecule has 0 bridgehead atoms. The maximum atomic E-state index is 11.9. The van der Waals surface area contributed by atoms with Crippen molar-refractivity contribution in [3.63, 3.8) is 0 Å². The Hall–Kier alpha value is -1.35. The van der Waals surface area contributed by atoms with E-state index in [1.54, 1.807) is 6.07 Å². The molecule has 0 atom stereocenters. The second-order valence-electron chi connectivity index (χ2n) is 4.09. The van der Waals surface area contributed by atoms with Crippen molar-refractivity contribution in [2.45, 2.75) is 13.3 Å². The summed E-state index contributed by atoms with van der Waals surface area (Å²) in [7, 11) is 2.02. The lowest BCUT2D eigenvalue weighted by molar-refractivity contribution is 0.0954. The van der Waals surface area contributed by atoms with Crippen LogP contribution in [0.3, 0.4) is 0 Å². The molecule has 1 heterocycles. The Morgan fingerprint density at radius 1 is 1.53 bits per heavy atom. The minimum absolute atomic E-state index is 0.0512. The standard InChI is InChI=1S/C14H20N2O2S/c1-3-16(2)10-9-15-14(18)13-8-7-12(19-13)6-4-5-11-17/h7-8,17H,3,5,9-11H2,1-2H3,(H,15,18). The molecule has 0 aliphatic heterocycles. The second-order valence-corrected chi connectivity index (χ2v) is 5.17. The van der Waals surface area contributed by atoms with Crippen molar-refractivity contribution in [3.8, 4) is 11.8 Å². The van der Waals surface area contributed by atoms with Crippen LogP contribution in [0, 0.1) is 11.8 Å². The van der Waals surface area contributed by atoms with Crippen molar-refractivity contribution in [1.82, 2.24) is 10.2 Å². The first-order chi connectivity index (χ1) is 9.17. The van der Waals surface area contributed by atoms with Crippen LogP contribution in [0.1, 0.15) is 27.9 Å². The molecule has 1 amide bonds. The first kappa shape index (κ1) is 15.7. The molecule has 0 spiro atoms. The minimum Gasteiger partial charge on any atom is -0.395 e. The number of nitrogens with zero attached hydrogens (tertiary/aromatic N) is 1. The molecule has 0 radical (unpaired) electrons. The first-order valence-corrected chi connectivity index (χ1v) is 7.15. The molecule has 1 rings (SSSR count). The number of aliphatic hydroxyl groups is 1. The van der Waals surface area contributed by atoms with Crippen LogP contribution in [0.4, 0.5) is 0 Å². The molecule has 0 unspecified atom stereocenters. The van der Waals surface area contributed by atoms with Gasteiger partial charge < -0.3 is 15.3 Å². The van der Waals surface area contributed by atoms with Crippen LogP contribution in [0.2, 0.25) is 0 Å². The predicted octanol–water partition coefficient (Wildman–Crippen LogP) is 1.16. The highest BCUT2D eigenvalue weighted by atomic mass is 32.1. The smallest absolute Gasteiger partial charge is 0.261 e. The van der Waals surface area contributed by atoms with Crippen molar-refractivity contribution >= 4 is 17.2 Å². The van der Waals surface area contributed by atoms with Crippen LogP contribution < -0.4 is 5.32 Å². The lowest BCUT2D eigenvalue weighted by Crippen LogP contribution is -2.32. The van der Waals surface area contributed by atoms with Crippen LogP contribution in [-0.4, -0.2) is 49.2 Å². The molecular weight excluding hydrogens is 260 g/mol. The van der Waals surface area contributed by atoms with Gasteiger partial charge in [-0.05, 0) is 25.7 Å². The minimum atomic E-state index is -0.0512. The molecule has 0 aromatic carbocycles. The molecule has 19 heavy (non-hydrogen) atoms. The molecule has 4 nitrogen and oxygen atoms in total. The maximum Gasteiger partial charge on any atom is 0.261 e. The first-order valence-electron chi connectivity index (χ1n) is 6.33. The Labute approximate surface area is 118 Å². The Balaban J connectivity index is 2.43. The van der Waals surface area contributed by atoms with Crippen molar-refractivity contribution < 1.29 is 9.90 Å². The van der Waals surface area contributed by atoms with Gasteiger partial charge in [-0.15, -0.1) is 11.3 Å². The fourth-order valence-corrected chi connectivity index (χ4v) is 2.14. The van der Waals surface area contributed by atoms with E-state index in [4.69, 9.17) is 5.11 Å². The highest BCUT2D eigenvalue weighted by Gasteiger charge is 2.07. The normalized spacial score (nSPS) is 10.1. The molecule has 0 saturated carbocycles. The van der Waals surface area contributed by atoms with E-state index in [1.165, 1.54) is 11.3 Å². The van der Waals surface area contributed by atoms with Gasteiger partial charge in [0.15, 0.2) is 0 Å². The zero-order valence-corrected chi connectivity index (χ0v) is 12.2. The van der Waals surface area contributed by atoms with Crippen LogP contribution in [0.5, 0.6) is 0 Å². The zero-order valence-electron chi connectivity index (χ0n) is 11.4. The van der Waals surface area contributed by atoms with E-state index in [0.717, 1.165) is 18.0 Å². The number of amides is 1. The van der Waals surface area contributed by atoms with Gasteiger partial charge in [-0.25, -0.2) is 0 Å². The fourth-order valence-electron chi connectivity index (χ4n) is 1.34. The Bertz CT molecular complexity index is 460. The van der Waals surface area contributed by atoms with Gasteiger partial charge in [-0.1, -0.05) is 18.8 Å². The number of thiophene rings is 1. The number of hydrogen-bond donors (Lipinski definition) is 2. The van der Waals surface area contributed by atoms with Crippen LogP contribution >= 0.6 is 11.3 Å². The van der Waals surface area contributed by atoms with E-state index in [0.29, 0.717) is 17.8 Å². The second kappa shape index (κ2) is 8.70. The molecular formula is C14H20N2O2S. The summed E-state index contributed by atoms with van der Waals surface area (Å²) in [6.45, 7) is 4.61. The van der Waals surface area contributed by atoms with Crippen LogP contribution in [0.25, 0.3) is 0 Å². The summed E-state index contributed by atoms with van der Waals surface area (Å²) in [5.41, 5.74) is 0. The highest BCUT2D eigenvalue weighted by molar-refractivity contribution is 7.14. The van der Waals surface area contributed by atoms with Crippen LogP contribution in [-0.2, 0) is 0 Å². The SMILES string of the molecule is CCN(C)CCNC(=O)c1ccc(C#CCCO)s1. The topological polar surface area (TPSA) is 52.6 Å². The number of nitrogens with one attached hydrogen (secondary N) is 1. The predicted molar refractivity (Wildman–Crippen MR) is 78.4 cm³/mol. The number of likely N-dealkylation sites (N-methyl/N-ethyl adjacent to an activating group) is 1. The van der Waals surface area contributed by atoms with Gasteiger partial charge in [0.05, 0.1) is 16.4 Å². The highest BCUT2D eigenvalue weighted by Crippen LogP contribution is 2.15. The fraction of sp³-hybridized carbons (Fsp3) is 0.500. The lowest BCUT2D eigenvalue weighted by atomic mass is 10.4. The number of carbonyl (C=O) groups is 1. The third-order valence-corrected chi connectivity index (χ3v) is 3.60. The summed E-state index contributed by atoms with van der Waals surface area (Å²) in [6.07, 6.45) is 0.461. The Morgan fingerprint density at radius 2 is 2.32 bits per heavy atom. The molecule has 0 fully saturated rings. The van der Waals surface area contributed by atoms with Gasteiger partial charge >= 0.3 is 0 Å². The van der Waals surface area contributed by atoms with E-state index in [1.807, 2.05) is 13.1 Å².